The summed E-state index contributed by atoms with van der Waals surface area (Å²) in [6.07, 6.45) is 3.26. The van der Waals surface area contributed by atoms with Gasteiger partial charge in [0.15, 0.2) is 5.69 Å². The van der Waals surface area contributed by atoms with Gasteiger partial charge in [0.1, 0.15) is 0 Å². The van der Waals surface area contributed by atoms with Crippen molar-refractivity contribution in [2.45, 2.75) is 51.2 Å². The standard InChI is InChI=1S/C14H22N4O2/c1-14(2)8(6-9(14)20-3)16-13(19)12-10(15)11(17-18-12)7-4-5-7/h7-9H,4-6,15H2,1-3H3,(H,16,19)(H,17,18). The molecular formula is C14H22N4O2. The highest BCUT2D eigenvalue weighted by atomic mass is 16.5. The molecule has 1 aromatic rings. The summed E-state index contributed by atoms with van der Waals surface area (Å²) in [5.41, 5.74) is 7.70. The van der Waals surface area contributed by atoms with E-state index in [4.69, 9.17) is 10.5 Å². The first kappa shape index (κ1) is 13.4. The van der Waals surface area contributed by atoms with Gasteiger partial charge in [0.05, 0.1) is 17.5 Å². The Morgan fingerprint density at radius 1 is 1.50 bits per heavy atom. The summed E-state index contributed by atoms with van der Waals surface area (Å²) in [6.45, 7) is 4.19. The summed E-state index contributed by atoms with van der Waals surface area (Å²) in [5.74, 6) is 0.264. The van der Waals surface area contributed by atoms with Crippen molar-refractivity contribution >= 4 is 11.6 Å². The maximum atomic E-state index is 12.3. The highest BCUT2D eigenvalue weighted by Crippen LogP contribution is 2.43. The monoisotopic (exact) mass is 278 g/mol. The predicted octanol–water partition coefficient (Wildman–Crippen LogP) is 1.41. The van der Waals surface area contributed by atoms with Gasteiger partial charge in [-0.2, -0.15) is 5.10 Å². The first-order valence-corrected chi connectivity index (χ1v) is 7.12. The van der Waals surface area contributed by atoms with Crippen LogP contribution in [0, 0.1) is 5.41 Å². The molecule has 6 heteroatoms. The molecule has 2 aliphatic carbocycles. The second-order valence-electron chi connectivity index (χ2n) is 6.48. The number of aromatic amines is 1. The van der Waals surface area contributed by atoms with Crippen molar-refractivity contribution in [1.29, 1.82) is 0 Å². The fourth-order valence-electron chi connectivity index (χ4n) is 2.98. The Kier molecular flexibility index (Phi) is 3.01. The summed E-state index contributed by atoms with van der Waals surface area (Å²) in [6, 6.07) is 0.0976. The van der Waals surface area contributed by atoms with Gasteiger partial charge in [-0.05, 0) is 19.3 Å². The number of aromatic nitrogens is 2. The Hall–Kier alpha value is -1.56. The molecule has 110 valence electrons. The van der Waals surface area contributed by atoms with Crippen molar-refractivity contribution in [3.63, 3.8) is 0 Å². The number of amides is 1. The van der Waals surface area contributed by atoms with Crippen LogP contribution in [0.5, 0.6) is 0 Å². The fourth-order valence-corrected chi connectivity index (χ4v) is 2.98. The molecule has 20 heavy (non-hydrogen) atoms. The largest absolute Gasteiger partial charge is 0.395 e. The molecule has 0 saturated heterocycles. The number of methoxy groups -OCH3 is 1. The lowest BCUT2D eigenvalue weighted by atomic mass is 9.64. The number of H-pyrrole nitrogens is 1. The normalized spacial score (nSPS) is 27.9. The number of nitrogens with one attached hydrogen (secondary N) is 2. The van der Waals surface area contributed by atoms with Gasteiger partial charge in [-0.3, -0.25) is 9.89 Å². The van der Waals surface area contributed by atoms with Gasteiger partial charge in [-0.25, -0.2) is 0 Å². The molecule has 2 fully saturated rings. The van der Waals surface area contributed by atoms with Gasteiger partial charge in [0, 0.05) is 24.5 Å². The molecule has 1 heterocycles. The van der Waals surface area contributed by atoms with Gasteiger partial charge in [0.2, 0.25) is 0 Å². The Labute approximate surface area is 118 Å². The van der Waals surface area contributed by atoms with Gasteiger partial charge in [-0.15, -0.1) is 0 Å². The van der Waals surface area contributed by atoms with E-state index in [1.54, 1.807) is 7.11 Å². The SMILES string of the molecule is COC1CC(NC(=O)c2n[nH]c(C3CC3)c2N)C1(C)C. The predicted molar refractivity (Wildman–Crippen MR) is 75.4 cm³/mol. The van der Waals surface area contributed by atoms with Crippen LogP contribution in [0.3, 0.4) is 0 Å². The molecule has 1 amide bonds. The van der Waals surface area contributed by atoms with E-state index in [1.165, 1.54) is 0 Å². The maximum absolute atomic E-state index is 12.3. The molecule has 3 rings (SSSR count). The molecule has 4 N–H and O–H groups in total. The Balaban J connectivity index is 1.68. The minimum absolute atomic E-state index is 0.0607. The molecule has 0 aliphatic heterocycles. The van der Waals surface area contributed by atoms with Gasteiger partial charge in [0.25, 0.3) is 5.91 Å². The first-order chi connectivity index (χ1) is 9.45. The lowest BCUT2D eigenvalue weighted by molar-refractivity contribution is -0.0942. The van der Waals surface area contributed by atoms with Crippen molar-refractivity contribution in [3.8, 4) is 0 Å². The smallest absolute Gasteiger partial charge is 0.274 e. The second kappa shape index (κ2) is 4.48. The van der Waals surface area contributed by atoms with Crippen LogP contribution < -0.4 is 11.1 Å². The maximum Gasteiger partial charge on any atom is 0.274 e. The average Bonchev–Trinajstić information content (AvgIpc) is 3.17. The number of nitrogen functional groups attached to an aromatic ring is 1. The zero-order valence-corrected chi connectivity index (χ0v) is 12.2. The molecule has 0 radical (unpaired) electrons. The highest BCUT2D eigenvalue weighted by molar-refractivity contribution is 5.98. The molecular weight excluding hydrogens is 256 g/mol. The molecule has 2 aliphatic rings. The number of hydrogen-bond donors (Lipinski definition) is 3. The third-order valence-electron chi connectivity index (χ3n) is 4.80. The fraction of sp³-hybridized carbons (Fsp3) is 0.714. The number of rotatable bonds is 4. The van der Waals surface area contributed by atoms with Crippen molar-refractivity contribution in [1.82, 2.24) is 15.5 Å². The van der Waals surface area contributed by atoms with E-state index in [-0.39, 0.29) is 23.5 Å². The quantitative estimate of drug-likeness (QED) is 0.776. The average molecular weight is 278 g/mol. The number of hydrogen-bond acceptors (Lipinski definition) is 4. The topological polar surface area (TPSA) is 93.0 Å². The number of carbonyl (C=O) groups excluding carboxylic acids is 1. The van der Waals surface area contributed by atoms with Crippen LogP contribution in [0.25, 0.3) is 0 Å². The minimum atomic E-state index is -0.196. The van der Waals surface area contributed by atoms with E-state index in [9.17, 15) is 4.79 Å². The molecule has 2 unspecified atom stereocenters. The number of nitrogens with two attached hydrogens (primary N) is 1. The van der Waals surface area contributed by atoms with E-state index in [1.807, 2.05) is 0 Å². The second-order valence-corrected chi connectivity index (χ2v) is 6.48. The summed E-state index contributed by atoms with van der Waals surface area (Å²) >= 11 is 0. The summed E-state index contributed by atoms with van der Waals surface area (Å²) in [4.78, 5) is 12.3. The summed E-state index contributed by atoms with van der Waals surface area (Å²) in [7, 11) is 1.71. The molecule has 0 spiro atoms. The minimum Gasteiger partial charge on any atom is -0.395 e. The summed E-state index contributed by atoms with van der Waals surface area (Å²) < 4.78 is 5.39. The zero-order chi connectivity index (χ0) is 14.5. The molecule has 2 saturated carbocycles. The van der Waals surface area contributed by atoms with Gasteiger partial charge < -0.3 is 15.8 Å². The van der Waals surface area contributed by atoms with Crippen LogP contribution in [0.4, 0.5) is 5.69 Å². The van der Waals surface area contributed by atoms with Crippen molar-refractivity contribution < 1.29 is 9.53 Å². The third kappa shape index (κ3) is 1.98. The molecule has 0 bridgehead atoms. The number of ether oxygens (including phenoxy) is 1. The van der Waals surface area contributed by atoms with E-state index in [0.29, 0.717) is 17.3 Å². The number of anilines is 1. The van der Waals surface area contributed by atoms with Gasteiger partial charge in [-0.1, -0.05) is 13.8 Å². The zero-order valence-electron chi connectivity index (χ0n) is 12.2. The Morgan fingerprint density at radius 2 is 2.20 bits per heavy atom. The van der Waals surface area contributed by atoms with Crippen LogP contribution in [0.2, 0.25) is 0 Å². The van der Waals surface area contributed by atoms with Crippen LogP contribution >= 0.6 is 0 Å². The van der Waals surface area contributed by atoms with Crippen LogP contribution in [0.15, 0.2) is 0 Å². The number of nitrogens with zero attached hydrogens (tertiary/aromatic N) is 1. The van der Waals surface area contributed by atoms with Crippen molar-refractivity contribution in [2.24, 2.45) is 5.41 Å². The molecule has 2 atom stereocenters. The molecule has 0 aromatic carbocycles. The van der Waals surface area contributed by atoms with Crippen LogP contribution in [-0.2, 0) is 4.74 Å². The van der Waals surface area contributed by atoms with Crippen LogP contribution in [-0.4, -0.2) is 35.4 Å². The van der Waals surface area contributed by atoms with E-state index >= 15 is 0 Å². The third-order valence-corrected chi connectivity index (χ3v) is 4.80. The Bertz CT molecular complexity index is 533. The molecule has 1 aromatic heterocycles. The van der Waals surface area contributed by atoms with E-state index < -0.39 is 0 Å². The van der Waals surface area contributed by atoms with Crippen molar-refractivity contribution in [2.75, 3.05) is 12.8 Å². The lowest BCUT2D eigenvalue weighted by Gasteiger charge is -2.51. The van der Waals surface area contributed by atoms with E-state index in [2.05, 4.69) is 29.4 Å². The first-order valence-electron chi connectivity index (χ1n) is 7.12. The Morgan fingerprint density at radius 3 is 2.75 bits per heavy atom. The van der Waals surface area contributed by atoms with Crippen molar-refractivity contribution in [3.05, 3.63) is 11.4 Å². The highest BCUT2D eigenvalue weighted by Gasteiger charge is 2.49. The van der Waals surface area contributed by atoms with Gasteiger partial charge >= 0.3 is 0 Å². The summed E-state index contributed by atoms with van der Waals surface area (Å²) in [5, 5.41) is 10.0. The number of carbonyl (C=O) groups is 1. The lowest BCUT2D eigenvalue weighted by Crippen LogP contribution is -2.61. The molecule has 6 nitrogen and oxygen atoms in total. The van der Waals surface area contributed by atoms with Crippen LogP contribution in [0.1, 0.15) is 55.2 Å². The van der Waals surface area contributed by atoms with E-state index in [0.717, 1.165) is 25.0 Å².